The van der Waals surface area contributed by atoms with E-state index in [0.29, 0.717) is 37.7 Å². The van der Waals surface area contributed by atoms with Gasteiger partial charge in [0.1, 0.15) is 12.0 Å². The minimum absolute atomic E-state index is 0.0170. The minimum atomic E-state index is -2.50. The van der Waals surface area contributed by atoms with E-state index in [-0.39, 0.29) is 30.2 Å². The third-order valence-electron chi connectivity index (χ3n) is 8.45. The van der Waals surface area contributed by atoms with Crippen LogP contribution in [0.4, 0.5) is 8.78 Å². The van der Waals surface area contributed by atoms with Gasteiger partial charge in [0.15, 0.2) is 0 Å². The molecule has 1 saturated carbocycles. The second-order valence-electron chi connectivity index (χ2n) is 12.0. The standard InChI is InChI=1S/C30H42F2N4O/c1-21-26(11-8-22-6-9-23(10-7-22)29(2,3)4)33-20-34-27(21)28(37)36-18-14-25(15-19-36)35(5)24-12-16-30(31,32)17-13-24/h6-7,9-10,20,24-25H,8,11-19H2,1-5H3. The molecule has 37 heavy (non-hydrogen) atoms. The fourth-order valence-corrected chi connectivity index (χ4v) is 5.74. The Kier molecular flexibility index (Phi) is 8.32. The molecule has 2 aliphatic rings. The Labute approximate surface area is 220 Å². The Morgan fingerprint density at radius 3 is 2.19 bits per heavy atom. The van der Waals surface area contributed by atoms with E-state index in [9.17, 15) is 13.6 Å². The maximum absolute atomic E-state index is 13.6. The summed E-state index contributed by atoms with van der Waals surface area (Å²) < 4.78 is 27.1. The number of piperidine rings is 1. The van der Waals surface area contributed by atoms with Crippen LogP contribution in [0.5, 0.6) is 0 Å². The Bertz CT molecular complexity index is 1060. The predicted octanol–water partition coefficient (Wildman–Crippen LogP) is 5.98. The molecule has 1 aromatic heterocycles. The van der Waals surface area contributed by atoms with Crippen LogP contribution in [0, 0.1) is 6.92 Å². The van der Waals surface area contributed by atoms with Crippen molar-refractivity contribution in [3.8, 4) is 0 Å². The van der Waals surface area contributed by atoms with Crippen molar-refractivity contribution in [2.45, 2.75) is 102 Å². The van der Waals surface area contributed by atoms with Gasteiger partial charge in [-0.05, 0) is 69.0 Å². The number of alkyl halides is 2. The molecule has 1 saturated heterocycles. The molecule has 0 radical (unpaired) electrons. The number of aromatic nitrogens is 2. The van der Waals surface area contributed by atoms with E-state index in [2.05, 4.69) is 67.0 Å². The van der Waals surface area contributed by atoms with E-state index in [0.717, 1.165) is 36.9 Å². The van der Waals surface area contributed by atoms with Gasteiger partial charge in [-0.2, -0.15) is 0 Å². The number of amides is 1. The first kappa shape index (κ1) is 27.6. The lowest BCUT2D eigenvalue weighted by atomic mass is 9.86. The molecule has 0 spiro atoms. The molecule has 1 aliphatic heterocycles. The van der Waals surface area contributed by atoms with Crippen molar-refractivity contribution in [2.24, 2.45) is 0 Å². The second-order valence-corrected chi connectivity index (χ2v) is 12.0. The van der Waals surface area contributed by atoms with Gasteiger partial charge < -0.3 is 9.80 Å². The molecule has 7 heteroatoms. The van der Waals surface area contributed by atoms with Crippen LogP contribution >= 0.6 is 0 Å². The Morgan fingerprint density at radius 1 is 1.00 bits per heavy atom. The lowest BCUT2D eigenvalue weighted by Gasteiger charge is -2.42. The summed E-state index contributed by atoms with van der Waals surface area (Å²) in [4.78, 5) is 26.4. The number of carbonyl (C=O) groups excluding carboxylic acids is 1. The number of carbonyl (C=O) groups is 1. The van der Waals surface area contributed by atoms with Crippen molar-refractivity contribution in [3.63, 3.8) is 0 Å². The van der Waals surface area contributed by atoms with Gasteiger partial charge in [0.25, 0.3) is 5.91 Å². The van der Waals surface area contributed by atoms with E-state index in [1.54, 1.807) is 0 Å². The van der Waals surface area contributed by atoms with Gasteiger partial charge in [-0.15, -0.1) is 0 Å². The third-order valence-corrected chi connectivity index (χ3v) is 8.45. The van der Waals surface area contributed by atoms with Crippen LogP contribution < -0.4 is 0 Å². The minimum Gasteiger partial charge on any atom is -0.337 e. The maximum atomic E-state index is 13.6. The highest BCUT2D eigenvalue weighted by atomic mass is 19.3. The smallest absolute Gasteiger partial charge is 0.272 e. The molecule has 1 aliphatic carbocycles. The number of hydrogen-bond acceptors (Lipinski definition) is 4. The molecule has 0 N–H and O–H groups in total. The molecular weight excluding hydrogens is 470 g/mol. The molecule has 0 atom stereocenters. The molecule has 2 fully saturated rings. The average molecular weight is 513 g/mol. The van der Waals surface area contributed by atoms with Gasteiger partial charge >= 0.3 is 0 Å². The highest BCUT2D eigenvalue weighted by molar-refractivity contribution is 5.93. The van der Waals surface area contributed by atoms with Crippen molar-refractivity contribution in [1.82, 2.24) is 19.8 Å². The normalized spacial score (nSPS) is 19.4. The summed E-state index contributed by atoms with van der Waals surface area (Å²) >= 11 is 0. The molecule has 5 nitrogen and oxygen atoms in total. The van der Waals surface area contributed by atoms with Crippen molar-refractivity contribution in [3.05, 3.63) is 58.7 Å². The number of rotatable bonds is 6. The molecule has 4 rings (SSSR count). The molecule has 0 unspecified atom stereocenters. The highest BCUT2D eigenvalue weighted by Crippen LogP contribution is 2.36. The van der Waals surface area contributed by atoms with E-state index in [1.165, 1.54) is 17.5 Å². The van der Waals surface area contributed by atoms with Crippen LogP contribution in [0.2, 0.25) is 0 Å². The number of nitrogens with zero attached hydrogens (tertiary/aromatic N) is 4. The number of aryl methyl sites for hydroxylation is 2. The van der Waals surface area contributed by atoms with E-state index >= 15 is 0 Å². The maximum Gasteiger partial charge on any atom is 0.272 e. The Hall–Kier alpha value is -2.41. The topological polar surface area (TPSA) is 49.3 Å². The van der Waals surface area contributed by atoms with Crippen LogP contribution in [-0.2, 0) is 18.3 Å². The fraction of sp³-hybridized carbons (Fsp3) is 0.633. The monoisotopic (exact) mass is 512 g/mol. The zero-order valence-electron chi connectivity index (χ0n) is 23.1. The molecule has 202 valence electrons. The summed E-state index contributed by atoms with van der Waals surface area (Å²) in [7, 11) is 2.06. The van der Waals surface area contributed by atoms with Crippen LogP contribution in [0.15, 0.2) is 30.6 Å². The van der Waals surface area contributed by atoms with Crippen molar-refractivity contribution in [2.75, 3.05) is 20.1 Å². The van der Waals surface area contributed by atoms with Crippen molar-refractivity contribution in [1.29, 1.82) is 0 Å². The van der Waals surface area contributed by atoms with Crippen molar-refractivity contribution >= 4 is 5.91 Å². The lowest BCUT2D eigenvalue weighted by molar-refractivity contribution is -0.0574. The Morgan fingerprint density at radius 2 is 1.59 bits per heavy atom. The summed E-state index contributed by atoms with van der Waals surface area (Å²) in [5.41, 5.74) is 4.98. The first-order chi connectivity index (χ1) is 17.4. The van der Waals surface area contributed by atoms with Gasteiger partial charge in [0, 0.05) is 49.3 Å². The van der Waals surface area contributed by atoms with E-state index < -0.39 is 5.92 Å². The van der Waals surface area contributed by atoms with Crippen molar-refractivity contribution < 1.29 is 13.6 Å². The highest BCUT2D eigenvalue weighted by Gasteiger charge is 2.38. The molecule has 2 aromatic rings. The summed E-state index contributed by atoms with van der Waals surface area (Å²) in [6.07, 6.45) is 5.91. The van der Waals surface area contributed by atoms with Crippen LogP contribution in [0.25, 0.3) is 0 Å². The molecule has 1 aromatic carbocycles. The van der Waals surface area contributed by atoms with Gasteiger partial charge in [0.05, 0.1) is 0 Å². The summed E-state index contributed by atoms with van der Waals surface area (Å²) in [5.74, 6) is -2.53. The second kappa shape index (κ2) is 11.1. The zero-order valence-corrected chi connectivity index (χ0v) is 23.1. The average Bonchev–Trinajstić information content (AvgIpc) is 2.87. The van der Waals surface area contributed by atoms with Gasteiger partial charge in [-0.1, -0.05) is 45.0 Å². The number of benzene rings is 1. The largest absolute Gasteiger partial charge is 0.337 e. The van der Waals surface area contributed by atoms with E-state index in [1.807, 2.05) is 11.8 Å². The van der Waals surface area contributed by atoms with Crippen LogP contribution in [-0.4, -0.2) is 63.8 Å². The number of likely N-dealkylation sites (tertiary alicyclic amines) is 1. The number of hydrogen-bond donors (Lipinski definition) is 0. The summed E-state index contributed by atoms with van der Waals surface area (Å²) in [6, 6.07) is 9.30. The van der Waals surface area contributed by atoms with Crippen LogP contribution in [0.3, 0.4) is 0 Å². The first-order valence-electron chi connectivity index (χ1n) is 13.7. The molecule has 2 heterocycles. The predicted molar refractivity (Wildman–Crippen MR) is 143 cm³/mol. The lowest BCUT2D eigenvalue weighted by Crippen LogP contribution is -2.50. The fourth-order valence-electron chi connectivity index (χ4n) is 5.74. The zero-order chi connectivity index (χ0) is 26.8. The molecule has 0 bridgehead atoms. The Balaban J connectivity index is 1.32. The summed E-state index contributed by atoms with van der Waals surface area (Å²) in [5, 5.41) is 0. The van der Waals surface area contributed by atoms with Gasteiger partial charge in [-0.3, -0.25) is 4.79 Å². The number of halogens is 2. The SMILES string of the molecule is Cc1c(CCc2ccc(C(C)(C)C)cc2)ncnc1C(=O)N1CCC(N(C)C2CCC(F)(F)CC2)CC1. The molecule has 1 amide bonds. The third kappa shape index (κ3) is 6.73. The first-order valence-corrected chi connectivity index (χ1v) is 13.7. The van der Waals surface area contributed by atoms with Crippen LogP contribution in [0.1, 0.15) is 92.2 Å². The summed E-state index contributed by atoms with van der Waals surface area (Å²) in [6.45, 7) is 9.92. The van der Waals surface area contributed by atoms with Gasteiger partial charge in [-0.25, -0.2) is 18.7 Å². The molecular formula is C30H42F2N4O. The van der Waals surface area contributed by atoms with E-state index in [4.69, 9.17) is 0 Å². The quantitative estimate of drug-likeness (QED) is 0.478. The van der Waals surface area contributed by atoms with Gasteiger partial charge in [0.2, 0.25) is 5.92 Å².